The molecule has 0 spiro atoms. The van der Waals surface area contributed by atoms with E-state index in [4.69, 9.17) is 10.5 Å². The first kappa shape index (κ1) is 13.1. The van der Waals surface area contributed by atoms with Crippen LogP contribution in [0.15, 0.2) is 6.07 Å². The second-order valence-corrected chi connectivity index (χ2v) is 4.84. The van der Waals surface area contributed by atoms with Crippen molar-refractivity contribution < 1.29 is 4.74 Å². The lowest BCUT2D eigenvalue weighted by atomic mass is 10.0. The van der Waals surface area contributed by atoms with E-state index in [1.54, 1.807) is 0 Å². The molecule has 0 amide bonds. The molecule has 0 aromatic carbocycles. The molecule has 0 bridgehead atoms. The van der Waals surface area contributed by atoms with Crippen LogP contribution in [0.4, 0.5) is 5.95 Å². The van der Waals surface area contributed by atoms with Crippen molar-refractivity contribution in [3.63, 3.8) is 0 Å². The van der Waals surface area contributed by atoms with Crippen LogP contribution in [0.3, 0.4) is 0 Å². The van der Waals surface area contributed by atoms with Crippen molar-refractivity contribution in [1.29, 1.82) is 0 Å². The lowest BCUT2D eigenvalue weighted by molar-refractivity contribution is 0.325. The van der Waals surface area contributed by atoms with E-state index in [1.807, 2.05) is 19.9 Å². The van der Waals surface area contributed by atoms with Crippen molar-refractivity contribution in [1.82, 2.24) is 9.97 Å². The van der Waals surface area contributed by atoms with Gasteiger partial charge in [-0.25, -0.2) is 4.98 Å². The molecular formula is C13H22N4O. The highest BCUT2D eigenvalue weighted by Crippen LogP contribution is 2.28. The smallest absolute Gasteiger partial charge is 0.229 e. The topological polar surface area (TPSA) is 64.3 Å². The molecule has 0 aliphatic carbocycles. The Balaban J connectivity index is 2.27. The Hall–Kier alpha value is -1.36. The van der Waals surface area contributed by atoms with Crippen LogP contribution in [0, 0.1) is 12.8 Å². The number of hydrogen-bond acceptors (Lipinski definition) is 5. The maximum absolute atomic E-state index is 5.86. The van der Waals surface area contributed by atoms with Crippen molar-refractivity contribution in [3.8, 4) is 5.88 Å². The molecule has 18 heavy (non-hydrogen) atoms. The summed E-state index contributed by atoms with van der Waals surface area (Å²) in [6, 6.07) is 2.20. The number of anilines is 1. The fourth-order valence-electron chi connectivity index (χ4n) is 2.49. The molecule has 100 valence electrons. The second kappa shape index (κ2) is 5.52. The Kier molecular flexibility index (Phi) is 4.01. The maximum Gasteiger partial charge on any atom is 0.229 e. The van der Waals surface area contributed by atoms with Crippen LogP contribution in [0.5, 0.6) is 5.88 Å². The first-order valence-corrected chi connectivity index (χ1v) is 6.61. The van der Waals surface area contributed by atoms with Gasteiger partial charge in [0.1, 0.15) is 0 Å². The van der Waals surface area contributed by atoms with Gasteiger partial charge in [0.25, 0.3) is 0 Å². The van der Waals surface area contributed by atoms with Gasteiger partial charge in [0, 0.05) is 30.9 Å². The van der Waals surface area contributed by atoms with Gasteiger partial charge in [-0.15, -0.1) is 0 Å². The largest absolute Gasteiger partial charge is 0.478 e. The molecule has 1 saturated heterocycles. The zero-order valence-corrected chi connectivity index (χ0v) is 11.4. The number of ether oxygens (including phenoxy) is 1. The van der Waals surface area contributed by atoms with Gasteiger partial charge in [0.15, 0.2) is 0 Å². The van der Waals surface area contributed by atoms with Crippen LogP contribution >= 0.6 is 0 Å². The Morgan fingerprint density at radius 3 is 2.94 bits per heavy atom. The average molecular weight is 250 g/mol. The number of hydrogen-bond donors (Lipinski definition) is 1. The highest BCUT2D eigenvalue weighted by atomic mass is 16.5. The van der Waals surface area contributed by atoms with Gasteiger partial charge in [-0.1, -0.05) is 6.92 Å². The molecule has 5 heteroatoms. The van der Waals surface area contributed by atoms with E-state index in [2.05, 4.69) is 21.8 Å². The van der Waals surface area contributed by atoms with Crippen LogP contribution in [0.2, 0.25) is 0 Å². The number of rotatable bonds is 4. The molecule has 2 heterocycles. The molecule has 2 atom stereocenters. The third kappa shape index (κ3) is 2.56. The minimum Gasteiger partial charge on any atom is -0.478 e. The Labute approximate surface area is 108 Å². The van der Waals surface area contributed by atoms with E-state index in [1.165, 1.54) is 0 Å². The normalized spacial score (nSPS) is 23.4. The van der Waals surface area contributed by atoms with Crippen molar-refractivity contribution in [2.75, 3.05) is 24.6 Å². The third-order valence-electron chi connectivity index (χ3n) is 3.49. The summed E-state index contributed by atoms with van der Waals surface area (Å²) in [5.41, 5.74) is 6.79. The van der Waals surface area contributed by atoms with E-state index in [0.29, 0.717) is 31.0 Å². The fourth-order valence-corrected chi connectivity index (χ4v) is 2.49. The van der Waals surface area contributed by atoms with Gasteiger partial charge < -0.3 is 15.4 Å². The molecule has 0 saturated carbocycles. The monoisotopic (exact) mass is 250 g/mol. The van der Waals surface area contributed by atoms with Gasteiger partial charge in [-0.3, -0.25) is 0 Å². The van der Waals surface area contributed by atoms with Crippen molar-refractivity contribution in [3.05, 3.63) is 11.8 Å². The van der Waals surface area contributed by atoms with E-state index in [0.717, 1.165) is 24.6 Å². The lowest BCUT2D eigenvalue weighted by Gasteiger charge is -2.26. The minimum atomic E-state index is 0.335. The maximum atomic E-state index is 5.86. The number of nitrogens with zero attached hydrogens (tertiary/aromatic N) is 3. The number of nitrogens with two attached hydrogens (primary N) is 1. The van der Waals surface area contributed by atoms with Gasteiger partial charge >= 0.3 is 0 Å². The Bertz CT molecular complexity index is 410. The summed E-state index contributed by atoms with van der Waals surface area (Å²) < 4.78 is 5.47. The highest BCUT2D eigenvalue weighted by Gasteiger charge is 2.31. The molecule has 0 radical (unpaired) electrons. The van der Waals surface area contributed by atoms with Gasteiger partial charge in [0.2, 0.25) is 11.8 Å². The number of aryl methyl sites for hydroxylation is 1. The molecule has 1 aromatic rings. The van der Waals surface area contributed by atoms with Gasteiger partial charge in [0.05, 0.1) is 6.61 Å². The zero-order chi connectivity index (χ0) is 13.1. The van der Waals surface area contributed by atoms with E-state index < -0.39 is 0 Å². The third-order valence-corrected chi connectivity index (χ3v) is 3.49. The minimum absolute atomic E-state index is 0.335. The van der Waals surface area contributed by atoms with Crippen molar-refractivity contribution >= 4 is 5.95 Å². The van der Waals surface area contributed by atoms with E-state index >= 15 is 0 Å². The molecule has 5 nitrogen and oxygen atoms in total. The highest BCUT2D eigenvalue weighted by molar-refractivity contribution is 5.37. The summed E-state index contributed by atoms with van der Waals surface area (Å²) in [5.74, 6) is 1.99. The van der Waals surface area contributed by atoms with Crippen LogP contribution in [0.1, 0.15) is 26.0 Å². The Morgan fingerprint density at radius 2 is 2.28 bits per heavy atom. The zero-order valence-electron chi connectivity index (χ0n) is 11.4. The second-order valence-electron chi connectivity index (χ2n) is 4.84. The predicted molar refractivity (Wildman–Crippen MR) is 71.9 cm³/mol. The average Bonchev–Trinajstić information content (AvgIpc) is 2.70. The van der Waals surface area contributed by atoms with Crippen LogP contribution in [-0.4, -0.2) is 35.7 Å². The summed E-state index contributed by atoms with van der Waals surface area (Å²) in [7, 11) is 0. The quantitative estimate of drug-likeness (QED) is 0.874. The molecular weight excluding hydrogens is 228 g/mol. The van der Waals surface area contributed by atoms with Crippen LogP contribution < -0.4 is 15.4 Å². The van der Waals surface area contributed by atoms with Gasteiger partial charge in [-0.05, 0) is 26.2 Å². The Morgan fingerprint density at radius 1 is 1.50 bits per heavy atom. The first-order valence-electron chi connectivity index (χ1n) is 6.61. The predicted octanol–water partition coefficient (Wildman–Crippen LogP) is 1.36. The molecule has 2 rings (SSSR count). The summed E-state index contributed by atoms with van der Waals surface area (Å²) in [6.45, 7) is 8.38. The van der Waals surface area contributed by atoms with Gasteiger partial charge in [-0.2, -0.15) is 4.98 Å². The molecule has 1 aliphatic heterocycles. The lowest BCUT2D eigenvalue weighted by Crippen LogP contribution is -2.39. The standard InChI is InChI=1S/C13H22N4O/c1-4-18-12-7-10(3)15-13(16-12)17-6-5-9(2)11(17)8-14/h7,9,11H,4-6,8,14H2,1-3H3. The molecule has 2 unspecified atom stereocenters. The van der Waals surface area contributed by atoms with E-state index in [9.17, 15) is 0 Å². The molecule has 2 N–H and O–H groups in total. The summed E-state index contributed by atoms with van der Waals surface area (Å²) in [6.07, 6.45) is 1.14. The number of aromatic nitrogens is 2. The summed E-state index contributed by atoms with van der Waals surface area (Å²) >= 11 is 0. The summed E-state index contributed by atoms with van der Waals surface area (Å²) in [4.78, 5) is 11.2. The summed E-state index contributed by atoms with van der Waals surface area (Å²) in [5, 5.41) is 0. The van der Waals surface area contributed by atoms with E-state index in [-0.39, 0.29) is 0 Å². The van der Waals surface area contributed by atoms with Crippen molar-refractivity contribution in [2.24, 2.45) is 11.7 Å². The molecule has 1 aliphatic rings. The molecule has 1 aromatic heterocycles. The first-order chi connectivity index (χ1) is 8.65. The fraction of sp³-hybridized carbons (Fsp3) is 0.692. The van der Waals surface area contributed by atoms with Crippen LogP contribution in [0.25, 0.3) is 0 Å². The van der Waals surface area contributed by atoms with Crippen LogP contribution in [-0.2, 0) is 0 Å². The molecule has 1 fully saturated rings. The van der Waals surface area contributed by atoms with Crippen molar-refractivity contribution in [2.45, 2.75) is 33.2 Å². The SMILES string of the molecule is CCOc1cc(C)nc(N2CCC(C)C2CN)n1.